The van der Waals surface area contributed by atoms with Gasteiger partial charge in [-0.25, -0.2) is 17.9 Å². The van der Waals surface area contributed by atoms with Gasteiger partial charge in [-0.2, -0.15) is 0 Å². The second kappa shape index (κ2) is 13.7. The summed E-state index contributed by atoms with van der Waals surface area (Å²) in [5.41, 5.74) is 2.16. The van der Waals surface area contributed by atoms with Crippen LogP contribution in [0.2, 0.25) is 0 Å². The van der Waals surface area contributed by atoms with Crippen molar-refractivity contribution >= 4 is 117 Å². The third kappa shape index (κ3) is 7.09. The third-order valence-electron chi connectivity index (χ3n) is 6.10. The Balaban J connectivity index is 0.000000328. The normalized spacial score (nSPS) is 14.2. The van der Waals surface area contributed by atoms with Crippen molar-refractivity contribution in [3.05, 3.63) is 71.7 Å². The van der Waals surface area contributed by atoms with Crippen LogP contribution >= 0.6 is 93.3 Å². The quantitative estimate of drug-likeness (QED) is 0.0863. The fourth-order valence-electron chi connectivity index (χ4n) is 3.97. The molecule has 0 radical (unpaired) electrons. The number of hydrogen-bond donors (Lipinski definition) is 1. The van der Waals surface area contributed by atoms with E-state index in [-0.39, 0.29) is 17.7 Å². The van der Waals surface area contributed by atoms with E-state index < -0.39 is 5.54 Å². The summed E-state index contributed by atoms with van der Waals surface area (Å²) in [5.74, 6) is 0.360. The zero-order valence-corrected chi connectivity index (χ0v) is 30.5. The average Bonchev–Trinajstić information content (AvgIpc) is 3.55. The molecule has 1 aromatic carbocycles. The summed E-state index contributed by atoms with van der Waals surface area (Å²) in [6.45, 7) is 5.86. The van der Waals surface area contributed by atoms with E-state index in [4.69, 9.17) is 0 Å². The van der Waals surface area contributed by atoms with Crippen molar-refractivity contribution < 1.29 is 14.4 Å². The highest BCUT2D eigenvalue weighted by Gasteiger charge is 2.50. The number of halogens is 4. The number of urea groups is 1. The Hall–Kier alpha value is -1.72. The number of carbonyl (C=O) groups excluding carboxylic acids is 3. The van der Waals surface area contributed by atoms with Gasteiger partial charge in [-0.05, 0) is 80.2 Å². The van der Waals surface area contributed by atoms with Crippen molar-refractivity contribution in [2.75, 3.05) is 18.4 Å². The van der Waals surface area contributed by atoms with Gasteiger partial charge in [-0.1, -0.05) is 30.3 Å². The lowest BCUT2D eigenvalue weighted by molar-refractivity contribution is -0.127. The van der Waals surface area contributed by atoms with Gasteiger partial charge in [0.05, 0.1) is 42.8 Å². The SMILES string of the molecule is CC(=O)c1scc(Br)c1Br.CC1(C)C(=O)N(I)C(=O)N1CCNc1nccc(-c2scc(Br)c2-c2ccccc2)n1. The highest BCUT2D eigenvalue weighted by molar-refractivity contribution is 14.1. The van der Waals surface area contributed by atoms with E-state index in [2.05, 4.69) is 80.6 Å². The first-order valence-electron chi connectivity index (χ1n) is 12.1. The maximum atomic E-state index is 12.3. The Morgan fingerprint density at radius 1 is 1.05 bits per heavy atom. The predicted octanol–water partition coefficient (Wildman–Crippen LogP) is 8.91. The first-order chi connectivity index (χ1) is 19.4. The van der Waals surface area contributed by atoms with E-state index in [1.54, 1.807) is 66.1 Å². The first kappa shape index (κ1) is 32.2. The topological polar surface area (TPSA) is 95.5 Å². The minimum atomic E-state index is -0.865. The number of Topliss-reactive ketones (excluding diaryl/α,β-unsaturated/α-hetero) is 1. The highest BCUT2D eigenvalue weighted by atomic mass is 127. The molecule has 0 saturated carbocycles. The Bertz CT molecular complexity index is 1600. The lowest BCUT2D eigenvalue weighted by atomic mass is 10.0. The van der Waals surface area contributed by atoms with Crippen molar-refractivity contribution in [1.29, 1.82) is 0 Å². The van der Waals surface area contributed by atoms with Crippen molar-refractivity contribution in [1.82, 2.24) is 18.0 Å². The number of carbonyl (C=O) groups is 3. The molecule has 0 unspecified atom stereocenters. The number of benzene rings is 1. The molecule has 0 atom stereocenters. The molecule has 8 nitrogen and oxygen atoms in total. The van der Waals surface area contributed by atoms with E-state index in [9.17, 15) is 14.4 Å². The summed E-state index contributed by atoms with van der Waals surface area (Å²) in [6.07, 6.45) is 1.72. The number of aromatic nitrogens is 2. The summed E-state index contributed by atoms with van der Waals surface area (Å²) >= 11 is 15.1. The molecular formula is C27H23Br3IN5O3S2. The smallest absolute Gasteiger partial charge is 0.336 e. The van der Waals surface area contributed by atoms with Crippen LogP contribution in [0.1, 0.15) is 30.4 Å². The van der Waals surface area contributed by atoms with Gasteiger partial charge < -0.3 is 10.2 Å². The fraction of sp³-hybridized carbons (Fsp3) is 0.222. The van der Waals surface area contributed by atoms with Crippen LogP contribution in [0.3, 0.4) is 0 Å². The number of imide groups is 1. The van der Waals surface area contributed by atoms with Crippen molar-refractivity contribution in [2.45, 2.75) is 26.3 Å². The summed E-state index contributed by atoms with van der Waals surface area (Å²) < 4.78 is 3.97. The first-order valence-corrected chi connectivity index (χ1v) is 17.2. The molecule has 41 heavy (non-hydrogen) atoms. The Morgan fingerprint density at radius 3 is 2.29 bits per heavy atom. The molecule has 0 aliphatic carbocycles. The fourth-order valence-corrected chi connectivity index (χ4v) is 8.73. The van der Waals surface area contributed by atoms with Gasteiger partial charge >= 0.3 is 6.03 Å². The number of nitrogens with one attached hydrogen (secondary N) is 1. The van der Waals surface area contributed by atoms with Gasteiger partial charge in [0.1, 0.15) is 5.54 Å². The maximum absolute atomic E-state index is 12.3. The zero-order chi connectivity index (χ0) is 29.9. The monoisotopic (exact) mass is 893 g/mol. The molecule has 1 N–H and O–H groups in total. The second-order valence-electron chi connectivity index (χ2n) is 9.21. The van der Waals surface area contributed by atoms with Crippen molar-refractivity contribution in [2.24, 2.45) is 0 Å². The molecule has 1 aliphatic heterocycles. The molecule has 0 spiro atoms. The zero-order valence-electron chi connectivity index (χ0n) is 22.0. The standard InChI is InChI=1S/C21H19BrIN5O2S.C6H4Br2OS/c1-21(2)18(29)28(23)20(30)27(21)11-10-25-19-24-9-8-15(26-19)17-16(14(22)12-31-17)13-6-4-3-5-7-13;1-3(9)6-5(8)4(7)2-10-6/h3-9,12H,10-11H2,1-2H3,(H,24,25,26);2H,1H3. The van der Waals surface area contributed by atoms with Gasteiger partial charge in [-0.15, -0.1) is 22.7 Å². The van der Waals surface area contributed by atoms with Crippen molar-refractivity contribution in [3.63, 3.8) is 0 Å². The molecule has 0 bridgehead atoms. The van der Waals surface area contributed by atoms with E-state index in [1.165, 1.54) is 11.3 Å². The molecule has 3 aromatic heterocycles. The summed E-state index contributed by atoms with van der Waals surface area (Å²) in [5, 5.41) is 7.13. The highest BCUT2D eigenvalue weighted by Crippen LogP contribution is 2.42. The maximum Gasteiger partial charge on any atom is 0.336 e. The predicted molar refractivity (Wildman–Crippen MR) is 184 cm³/mol. The number of hydrogen-bond acceptors (Lipinski definition) is 8. The lowest BCUT2D eigenvalue weighted by Crippen LogP contribution is -2.46. The molecule has 1 saturated heterocycles. The minimum Gasteiger partial charge on any atom is -0.352 e. The number of amides is 3. The van der Waals surface area contributed by atoms with Gasteiger partial charge in [0, 0.05) is 44.6 Å². The van der Waals surface area contributed by atoms with Crippen LogP contribution in [0.4, 0.5) is 10.7 Å². The molecule has 5 rings (SSSR count). The van der Waals surface area contributed by atoms with Gasteiger partial charge in [-0.3, -0.25) is 9.59 Å². The molecule has 1 fully saturated rings. The molecule has 214 valence electrons. The summed E-state index contributed by atoms with van der Waals surface area (Å²) in [7, 11) is 0. The van der Waals surface area contributed by atoms with E-state index in [0.29, 0.717) is 19.0 Å². The largest absolute Gasteiger partial charge is 0.352 e. The average molecular weight is 896 g/mol. The summed E-state index contributed by atoms with van der Waals surface area (Å²) in [4.78, 5) is 47.8. The molecule has 14 heteroatoms. The Kier molecular flexibility index (Phi) is 10.8. The Morgan fingerprint density at radius 2 is 1.73 bits per heavy atom. The number of nitrogens with zero attached hydrogens (tertiary/aromatic N) is 4. The van der Waals surface area contributed by atoms with E-state index >= 15 is 0 Å². The molecule has 1 aliphatic rings. The van der Waals surface area contributed by atoms with Crippen LogP contribution in [0.5, 0.6) is 0 Å². The molecular weight excluding hydrogens is 873 g/mol. The van der Waals surface area contributed by atoms with E-state index in [1.807, 2.05) is 29.6 Å². The Labute approximate surface area is 284 Å². The number of rotatable bonds is 7. The van der Waals surface area contributed by atoms with Crippen LogP contribution in [0, 0.1) is 0 Å². The van der Waals surface area contributed by atoms with Gasteiger partial charge in [0.15, 0.2) is 5.78 Å². The minimum absolute atomic E-state index is 0.0996. The molecule has 4 heterocycles. The lowest BCUT2D eigenvalue weighted by Gasteiger charge is -2.27. The number of thiophene rings is 2. The van der Waals surface area contributed by atoms with Gasteiger partial charge in [0.2, 0.25) is 5.95 Å². The molecule has 3 amide bonds. The van der Waals surface area contributed by atoms with Crippen LogP contribution in [0.25, 0.3) is 21.7 Å². The number of anilines is 1. The second-order valence-corrected chi connectivity index (χ2v) is 14.4. The third-order valence-corrected chi connectivity index (χ3v) is 12.5. The number of ketones is 1. The van der Waals surface area contributed by atoms with Crippen LogP contribution in [-0.4, -0.2) is 54.3 Å². The van der Waals surface area contributed by atoms with Crippen LogP contribution in [0.15, 0.2) is 66.8 Å². The van der Waals surface area contributed by atoms with Crippen LogP contribution in [-0.2, 0) is 4.79 Å². The van der Waals surface area contributed by atoms with Crippen LogP contribution < -0.4 is 5.32 Å². The summed E-state index contributed by atoms with van der Waals surface area (Å²) in [6, 6.07) is 11.7. The molecule has 4 aromatic rings. The van der Waals surface area contributed by atoms with Crippen molar-refractivity contribution in [3.8, 4) is 21.7 Å². The van der Waals surface area contributed by atoms with E-state index in [0.717, 1.165) is 43.1 Å². The van der Waals surface area contributed by atoms with Gasteiger partial charge in [0.25, 0.3) is 5.91 Å².